The third kappa shape index (κ3) is 3.66. The van der Waals surface area contributed by atoms with Gasteiger partial charge in [0.15, 0.2) is 11.2 Å². The molecule has 0 atom stereocenters. The number of carbonyl (C=O) groups excluding carboxylic acids is 1. The van der Waals surface area contributed by atoms with Crippen molar-refractivity contribution in [3.63, 3.8) is 0 Å². The van der Waals surface area contributed by atoms with E-state index < -0.39 is 5.56 Å². The topological polar surface area (TPSA) is 94.7 Å². The summed E-state index contributed by atoms with van der Waals surface area (Å²) >= 11 is 0. The number of carbonyl (C=O) groups is 1. The number of fused-ring (bicyclic) bond motifs is 1. The summed E-state index contributed by atoms with van der Waals surface area (Å²) in [7, 11) is 0. The lowest BCUT2D eigenvalue weighted by atomic mass is 10.2. The minimum Gasteiger partial charge on any atom is -0.325 e. The quantitative estimate of drug-likeness (QED) is 0.576. The van der Waals surface area contributed by atoms with Crippen molar-refractivity contribution >= 4 is 22.8 Å². The van der Waals surface area contributed by atoms with Crippen LogP contribution in [0.2, 0.25) is 0 Å². The van der Waals surface area contributed by atoms with Gasteiger partial charge in [0.1, 0.15) is 12.9 Å². The van der Waals surface area contributed by atoms with Gasteiger partial charge in [0.25, 0.3) is 5.56 Å². The fraction of sp³-hybridized carbons (Fsp3) is 0.150. The van der Waals surface area contributed by atoms with Crippen molar-refractivity contribution in [2.45, 2.75) is 20.0 Å². The molecule has 8 nitrogen and oxygen atoms in total. The van der Waals surface area contributed by atoms with Gasteiger partial charge in [-0.2, -0.15) is 0 Å². The smallest absolute Gasteiger partial charge is 0.283 e. The number of amides is 1. The Balaban J connectivity index is 1.54. The largest absolute Gasteiger partial charge is 0.325 e. The molecule has 8 heteroatoms. The molecular formula is C20H18N6O2. The van der Waals surface area contributed by atoms with Crippen LogP contribution in [-0.4, -0.2) is 30.5 Å². The van der Waals surface area contributed by atoms with Crippen molar-refractivity contribution in [1.29, 1.82) is 0 Å². The zero-order valence-corrected chi connectivity index (χ0v) is 15.2. The molecule has 1 N–H and O–H groups in total. The summed E-state index contributed by atoms with van der Waals surface area (Å²) in [6.45, 7) is 2.28. The fourth-order valence-electron chi connectivity index (χ4n) is 2.85. The SMILES string of the molecule is Cc1ccc(NC(=O)Cn2cnc3c(nnn3Cc3ccccc3)c2=O)cc1. The van der Waals surface area contributed by atoms with E-state index in [9.17, 15) is 9.59 Å². The number of anilines is 1. The molecule has 0 aliphatic carbocycles. The molecule has 0 spiro atoms. The Kier molecular flexibility index (Phi) is 4.67. The van der Waals surface area contributed by atoms with Crippen LogP contribution in [-0.2, 0) is 17.9 Å². The molecule has 0 saturated carbocycles. The van der Waals surface area contributed by atoms with Gasteiger partial charge < -0.3 is 5.32 Å². The van der Waals surface area contributed by atoms with Gasteiger partial charge in [-0.3, -0.25) is 14.2 Å². The molecule has 2 heterocycles. The van der Waals surface area contributed by atoms with E-state index in [0.717, 1.165) is 11.1 Å². The number of hydrogen-bond acceptors (Lipinski definition) is 5. The van der Waals surface area contributed by atoms with Gasteiger partial charge >= 0.3 is 0 Å². The molecule has 2 aromatic carbocycles. The molecule has 0 radical (unpaired) electrons. The second kappa shape index (κ2) is 7.43. The zero-order valence-electron chi connectivity index (χ0n) is 15.2. The minimum atomic E-state index is -0.400. The normalized spacial score (nSPS) is 10.9. The Morgan fingerprint density at radius 2 is 1.82 bits per heavy atom. The first-order chi connectivity index (χ1) is 13.6. The van der Waals surface area contributed by atoms with Crippen molar-refractivity contribution < 1.29 is 4.79 Å². The van der Waals surface area contributed by atoms with Crippen LogP contribution >= 0.6 is 0 Å². The maximum Gasteiger partial charge on any atom is 0.283 e. The van der Waals surface area contributed by atoms with Gasteiger partial charge in [-0.25, -0.2) is 9.67 Å². The van der Waals surface area contributed by atoms with Gasteiger partial charge in [0.05, 0.1) is 6.54 Å². The number of aryl methyl sites for hydroxylation is 1. The summed E-state index contributed by atoms with van der Waals surface area (Å²) in [5.41, 5.74) is 2.93. The molecule has 0 aliphatic heterocycles. The highest BCUT2D eigenvalue weighted by atomic mass is 16.2. The van der Waals surface area contributed by atoms with E-state index in [4.69, 9.17) is 0 Å². The average Bonchev–Trinajstić information content (AvgIpc) is 3.10. The van der Waals surface area contributed by atoms with Crippen molar-refractivity contribution in [2.75, 3.05) is 5.32 Å². The molecule has 4 aromatic rings. The molecule has 0 bridgehead atoms. The second-order valence-corrected chi connectivity index (χ2v) is 6.50. The number of benzene rings is 2. The number of rotatable bonds is 5. The van der Waals surface area contributed by atoms with Crippen LogP contribution in [0.15, 0.2) is 65.7 Å². The third-order valence-corrected chi connectivity index (χ3v) is 4.32. The summed E-state index contributed by atoms with van der Waals surface area (Å²) in [6.07, 6.45) is 1.35. The predicted molar refractivity (Wildman–Crippen MR) is 105 cm³/mol. The molecule has 1 amide bonds. The van der Waals surface area contributed by atoms with E-state index in [0.29, 0.717) is 17.9 Å². The molecule has 0 unspecified atom stereocenters. The van der Waals surface area contributed by atoms with Crippen LogP contribution in [0.1, 0.15) is 11.1 Å². The summed E-state index contributed by atoms with van der Waals surface area (Å²) in [5.74, 6) is -0.316. The highest BCUT2D eigenvalue weighted by Crippen LogP contribution is 2.09. The zero-order chi connectivity index (χ0) is 19.5. The lowest BCUT2D eigenvalue weighted by Gasteiger charge is -2.07. The number of aromatic nitrogens is 5. The summed E-state index contributed by atoms with van der Waals surface area (Å²) < 4.78 is 2.80. The maximum atomic E-state index is 12.7. The molecule has 0 fully saturated rings. The Labute approximate surface area is 160 Å². The summed E-state index contributed by atoms with van der Waals surface area (Å²) in [5, 5.41) is 10.8. The van der Waals surface area contributed by atoms with Gasteiger partial charge in [-0.05, 0) is 24.6 Å². The standard InChI is InChI=1S/C20H18N6O2/c1-14-7-9-16(10-8-14)22-17(27)12-25-13-21-19-18(20(25)28)23-24-26(19)11-15-5-3-2-4-6-15/h2-10,13H,11-12H2,1H3,(H,22,27). The first-order valence-corrected chi connectivity index (χ1v) is 8.79. The highest BCUT2D eigenvalue weighted by molar-refractivity contribution is 5.90. The van der Waals surface area contributed by atoms with E-state index in [1.165, 1.54) is 10.9 Å². The molecule has 140 valence electrons. The van der Waals surface area contributed by atoms with Crippen molar-refractivity contribution in [3.8, 4) is 0 Å². The van der Waals surface area contributed by atoms with E-state index in [-0.39, 0.29) is 18.0 Å². The average molecular weight is 374 g/mol. The Bertz CT molecular complexity index is 1180. The number of nitrogens with one attached hydrogen (secondary N) is 1. The van der Waals surface area contributed by atoms with Crippen molar-refractivity contribution in [1.82, 2.24) is 24.5 Å². The predicted octanol–water partition coefficient (Wildman–Crippen LogP) is 1.98. The summed E-state index contributed by atoms with van der Waals surface area (Å²) in [4.78, 5) is 29.2. The Morgan fingerprint density at radius 3 is 2.57 bits per heavy atom. The van der Waals surface area contributed by atoms with Crippen molar-refractivity contribution in [3.05, 3.63) is 82.4 Å². The van der Waals surface area contributed by atoms with Gasteiger partial charge in [-0.15, -0.1) is 5.10 Å². The van der Waals surface area contributed by atoms with Crippen molar-refractivity contribution in [2.24, 2.45) is 0 Å². The number of nitrogens with zero attached hydrogens (tertiary/aromatic N) is 5. The summed E-state index contributed by atoms with van der Waals surface area (Å²) in [6, 6.07) is 17.2. The van der Waals surface area contributed by atoms with E-state index >= 15 is 0 Å². The van der Waals surface area contributed by atoms with Gasteiger partial charge in [0.2, 0.25) is 5.91 Å². The third-order valence-electron chi connectivity index (χ3n) is 4.32. The monoisotopic (exact) mass is 374 g/mol. The molecule has 28 heavy (non-hydrogen) atoms. The fourth-order valence-corrected chi connectivity index (χ4v) is 2.85. The van der Waals surface area contributed by atoms with Gasteiger partial charge in [-0.1, -0.05) is 53.2 Å². The maximum absolute atomic E-state index is 12.7. The highest BCUT2D eigenvalue weighted by Gasteiger charge is 2.14. The van der Waals surface area contributed by atoms with Crippen LogP contribution < -0.4 is 10.9 Å². The first-order valence-electron chi connectivity index (χ1n) is 8.79. The lowest BCUT2D eigenvalue weighted by molar-refractivity contribution is -0.116. The van der Waals surface area contributed by atoms with Gasteiger partial charge in [0, 0.05) is 5.69 Å². The molecule has 2 aromatic heterocycles. The molecular weight excluding hydrogens is 356 g/mol. The Hall–Kier alpha value is -3.81. The Morgan fingerprint density at radius 1 is 1.07 bits per heavy atom. The first kappa shape index (κ1) is 17.6. The van der Waals surface area contributed by atoms with E-state index in [1.807, 2.05) is 61.5 Å². The lowest BCUT2D eigenvalue weighted by Crippen LogP contribution is -2.28. The van der Waals surface area contributed by atoms with E-state index in [1.54, 1.807) is 4.68 Å². The number of hydrogen-bond donors (Lipinski definition) is 1. The minimum absolute atomic E-state index is 0.140. The van der Waals surface area contributed by atoms with Crippen LogP contribution in [0.4, 0.5) is 5.69 Å². The molecule has 4 rings (SSSR count). The van der Waals surface area contributed by atoms with Crippen LogP contribution in [0.3, 0.4) is 0 Å². The van der Waals surface area contributed by atoms with E-state index in [2.05, 4.69) is 20.6 Å². The molecule has 0 saturated heterocycles. The van der Waals surface area contributed by atoms with Crippen LogP contribution in [0.5, 0.6) is 0 Å². The van der Waals surface area contributed by atoms with Crippen LogP contribution in [0, 0.1) is 6.92 Å². The molecule has 0 aliphatic rings. The second-order valence-electron chi connectivity index (χ2n) is 6.50. The van der Waals surface area contributed by atoms with Crippen LogP contribution in [0.25, 0.3) is 11.2 Å².